The average Bonchev–Trinajstić information content (AvgIpc) is 2.52. The summed E-state index contributed by atoms with van der Waals surface area (Å²) in [5.41, 5.74) is -0.279. The highest BCUT2D eigenvalue weighted by molar-refractivity contribution is 5.94. The van der Waals surface area contributed by atoms with Gasteiger partial charge in [-0.1, -0.05) is 6.92 Å². The van der Waals surface area contributed by atoms with Crippen LogP contribution in [0.5, 0.6) is 0 Å². The van der Waals surface area contributed by atoms with E-state index >= 15 is 0 Å². The lowest BCUT2D eigenvalue weighted by Gasteiger charge is -2.37. The predicted molar refractivity (Wildman–Crippen MR) is 83.9 cm³/mol. The fourth-order valence-electron chi connectivity index (χ4n) is 3.39. The van der Waals surface area contributed by atoms with Crippen molar-refractivity contribution in [2.45, 2.75) is 19.5 Å². The van der Waals surface area contributed by atoms with E-state index < -0.39 is 23.6 Å². The fraction of sp³-hybridized carbons (Fsp3) is 0.412. The molecule has 4 nitrogen and oxygen atoms in total. The molecule has 0 saturated carbocycles. The molecule has 0 radical (unpaired) electrons. The molecule has 0 spiro atoms. The van der Waals surface area contributed by atoms with Crippen molar-refractivity contribution in [2.24, 2.45) is 11.8 Å². The van der Waals surface area contributed by atoms with Gasteiger partial charge in [0.15, 0.2) is 0 Å². The monoisotopic (exact) mass is 338 g/mol. The molecule has 1 aromatic carbocycles. The van der Waals surface area contributed by atoms with Crippen LogP contribution in [0, 0.1) is 11.8 Å². The van der Waals surface area contributed by atoms with Crippen molar-refractivity contribution in [3.05, 3.63) is 36.0 Å². The smallest absolute Gasteiger partial charge is 0.418 e. The van der Waals surface area contributed by atoms with E-state index in [1.54, 1.807) is 12.1 Å². The van der Waals surface area contributed by atoms with Crippen LogP contribution in [-0.4, -0.2) is 29.1 Å². The Bertz CT molecular complexity index is 776. The maximum atomic E-state index is 13.2. The zero-order chi connectivity index (χ0) is 17.5. The molecule has 2 atom stereocenters. The second-order valence-corrected chi connectivity index (χ2v) is 6.31. The summed E-state index contributed by atoms with van der Waals surface area (Å²) in [6, 6.07) is 5.64. The van der Waals surface area contributed by atoms with Gasteiger partial charge in [0.05, 0.1) is 17.0 Å². The SMILES string of the molecule is CC1CC(C(=O)O)CN(c2ccc(C(F)(F)F)c3ncccc23)C1. The summed E-state index contributed by atoms with van der Waals surface area (Å²) in [6.45, 7) is 2.85. The van der Waals surface area contributed by atoms with Gasteiger partial charge in [-0.05, 0) is 36.6 Å². The molecule has 1 fully saturated rings. The van der Waals surface area contributed by atoms with Gasteiger partial charge >= 0.3 is 12.1 Å². The number of anilines is 1. The van der Waals surface area contributed by atoms with E-state index in [1.165, 1.54) is 12.3 Å². The number of fused-ring (bicyclic) bond motifs is 1. The first kappa shape index (κ1) is 16.5. The summed E-state index contributed by atoms with van der Waals surface area (Å²) in [5, 5.41) is 9.69. The molecule has 2 heterocycles. The molecule has 0 bridgehead atoms. The van der Waals surface area contributed by atoms with Crippen LogP contribution in [0.1, 0.15) is 18.9 Å². The number of carboxylic acid groups (broad SMARTS) is 1. The number of pyridine rings is 1. The number of alkyl halides is 3. The molecule has 2 aromatic rings. The number of nitrogens with zero attached hydrogens (tertiary/aromatic N) is 2. The molecule has 1 N–H and O–H groups in total. The number of rotatable bonds is 2. The van der Waals surface area contributed by atoms with Gasteiger partial charge in [0.1, 0.15) is 0 Å². The highest BCUT2D eigenvalue weighted by Gasteiger charge is 2.35. The molecular weight excluding hydrogens is 321 g/mol. The van der Waals surface area contributed by atoms with Crippen LogP contribution in [0.3, 0.4) is 0 Å². The zero-order valence-electron chi connectivity index (χ0n) is 13.0. The summed E-state index contributed by atoms with van der Waals surface area (Å²) in [4.78, 5) is 17.1. The molecule has 128 valence electrons. The summed E-state index contributed by atoms with van der Waals surface area (Å²) < 4.78 is 39.6. The van der Waals surface area contributed by atoms with Crippen molar-refractivity contribution in [1.29, 1.82) is 0 Å². The molecule has 0 amide bonds. The molecule has 2 unspecified atom stereocenters. The van der Waals surface area contributed by atoms with Gasteiger partial charge in [-0.3, -0.25) is 9.78 Å². The number of aromatic nitrogens is 1. The van der Waals surface area contributed by atoms with Crippen LogP contribution in [0.2, 0.25) is 0 Å². The van der Waals surface area contributed by atoms with Crippen molar-refractivity contribution in [2.75, 3.05) is 18.0 Å². The van der Waals surface area contributed by atoms with Gasteiger partial charge in [0.2, 0.25) is 0 Å². The fourth-order valence-corrected chi connectivity index (χ4v) is 3.39. The van der Waals surface area contributed by atoms with E-state index in [0.29, 0.717) is 24.0 Å². The van der Waals surface area contributed by atoms with Gasteiger partial charge < -0.3 is 10.0 Å². The molecule has 7 heteroatoms. The summed E-state index contributed by atoms with van der Waals surface area (Å²) in [5.74, 6) is -1.25. The Hall–Kier alpha value is -2.31. The van der Waals surface area contributed by atoms with Crippen molar-refractivity contribution >= 4 is 22.6 Å². The summed E-state index contributed by atoms with van der Waals surface area (Å²) >= 11 is 0. The van der Waals surface area contributed by atoms with Gasteiger partial charge in [0.25, 0.3) is 0 Å². The first-order valence-corrected chi connectivity index (χ1v) is 7.70. The second-order valence-electron chi connectivity index (χ2n) is 6.31. The maximum absolute atomic E-state index is 13.2. The summed E-state index contributed by atoms with van der Waals surface area (Å²) in [6.07, 6.45) is -2.58. The molecule has 1 aliphatic rings. The third-order valence-electron chi connectivity index (χ3n) is 4.40. The number of carbonyl (C=O) groups is 1. The highest BCUT2D eigenvalue weighted by Crippen LogP contribution is 2.38. The maximum Gasteiger partial charge on any atom is 0.418 e. The molecule has 24 heavy (non-hydrogen) atoms. The van der Waals surface area contributed by atoms with Crippen LogP contribution in [0.4, 0.5) is 18.9 Å². The first-order chi connectivity index (χ1) is 11.3. The Morgan fingerprint density at radius 2 is 2.04 bits per heavy atom. The quantitative estimate of drug-likeness (QED) is 0.905. The molecule has 0 aliphatic carbocycles. The van der Waals surface area contributed by atoms with Crippen LogP contribution >= 0.6 is 0 Å². The van der Waals surface area contributed by atoms with E-state index in [0.717, 1.165) is 6.07 Å². The van der Waals surface area contributed by atoms with E-state index in [4.69, 9.17) is 0 Å². The van der Waals surface area contributed by atoms with Crippen LogP contribution < -0.4 is 4.90 Å². The number of benzene rings is 1. The topological polar surface area (TPSA) is 53.4 Å². The number of halogens is 3. The number of hydrogen-bond donors (Lipinski definition) is 1. The third kappa shape index (κ3) is 3.02. The van der Waals surface area contributed by atoms with Gasteiger partial charge in [-0.2, -0.15) is 13.2 Å². The minimum Gasteiger partial charge on any atom is -0.481 e. The van der Waals surface area contributed by atoms with E-state index in [1.807, 2.05) is 11.8 Å². The lowest BCUT2D eigenvalue weighted by atomic mass is 9.89. The molecule has 1 aliphatic heterocycles. The number of aliphatic carboxylic acids is 1. The minimum absolute atomic E-state index is 0.104. The lowest BCUT2D eigenvalue weighted by Crippen LogP contribution is -2.42. The molecule has 1 saturated heterocycles. The lowest BCUT2D eigenvalue weighted by molar-refractivity contribution is -0.142. The Kier molecular flexibility index (Phi) is 4.11. The highest BCUT2D eigenvalue weighted by atomic mass is 19.4. The van der Waals surface area contributed by atoms with Crippen LogP contribution in [0.15, 0.2) is 30.5 Å². The van der Waals surface area contributed by atoms with Gasteiger partial charge in [0, 0.05) is 30.4 Å². The Morgan fingerprint density at radius 3 is 2.71 bits per heavy atom. The van der Waals surface area contributed by atoms with Gasteiger partial charge in [-0.25, -0.2) is 0 Å². The predicted octanol–water partition coefficient (Wildman–Crippen LogP) is 3.80. The Morgan fingerprint density at radius 1 is 1.29 bits per heavy atom. The van der Waals surface area contributed by atoms with E-state index in [9.17, 15) is 23.1 Å². The number of piperidine rings is 1. The average molecular weight is 338 g/mol. The van der Waals surface area contributed by atoms with E-state index in [-0.39, 0.29) is 18.0 Å². The largest absolute Gasteiger partial charge is 0.481 e. The molecule has 1 aromatic heterocycles. The Labute approximate surface area is 136 Å². The minimum atomic E-state index is -4.48. The normalized spacial score (nSPS) is 21.9. The van der Waals surface area contributed by atoms with Crippen molar-refractivity contribution in [3.8, 4) is 0 Å². The van der Waals surface area contributed by atoms with Crippen molar-refractivity contribution in [1.82, 2.24) is 4.98 Å². The Balaban J connectivity index is 2.09. The molecule has 3 rings (SSSR count). The standard InChI is InChI=1S/C17H17F3N2O2/c1-10-7-11(16(23)24)9-22(8-10)14-5-4-13(17(18,19)20)15-12(14)3-2-6-21-15/h2-6,10-11H,7-9H2,1H3,(H,23,24). The number of carboxylic acids is 1. The number of hydrogen-bond acceptors (Lipinski definition) is 3. The van der Waals surface area contributed by atoms with E-state index in [2.05, 4.69) is 4.98 Å². The van der Waals surface area contributed by atoms with Crippen molar-refractivity contribution < 1.29 is 23.1 Å². The first-order valence-electron chi connectivity index (χ1n) is 7.70. The third-order valence-corrected chi connectivity index (χ3v) is 4.40. The van der Waals surface area contributed by atoms with Crippen LogP contribution in [0.25, 0.3) is 10.9 Å². The van der Waals surface area contributed by atoms with Crippen LogP contribution in [-0.2, 0) is 11.0 Å². The summed E-state index contributed by atoms with van der Waals surface area (Å²) in [7, 11) is 0. The zero-order valence-corrected chi connectivity index (χ0v) is 13.0. The molecular formula is C17H17F3N2O2. The van der Waals surface area contributed by atoms with Gasteiger partial charge in [-0.15, -0.1) is 0 Å². The second kappa shape index (κ2) is 5.96. The van der Waals surface area contributed by atoms with Crippen molar-refractivity contribution in [3.63, 3.8) is 0 Å².